The zero-order valence-electron chi connectivity index (χ0n) is 11.4. The second kappa shape index (κ2) is 7.28. The monoisotopic (exact) mass is 290 g/mol. The van der Waals surface area contributed by atoms with E-state index in [9.17, 15) is 18.0 Å². The van der Waals surface area contributed by atoms with Gasteiger partial charge in [-0.25, -0.2) is 0 Å². The van der Waals surface area contributed by atoms with Gasteiger partial charge in [0.05, 0.1) is 18.8 Å². The minimum absolute atomic E-state index is 0.112. The quantitative estimate of drug-likeness (QED) is 0.569. The zero-order chi connectivity index (χ0) is 15.2. The second-order valence-electron chi connectivity index (χ2n) is 4.27. The minimum Gasteiger partial charge on any atom is -0.493 e. The van der Waals surface area contributed by atoms with E-state index in [1.54, 1.807) is 19.1 Å². The molecule has 0 saturated carbocycles. The van der Waals surface area contributed by atoms with Gasteiger partial charge in [-0.05, 0) is 26.0 Å². The van der Waals surface area contributed by atoms with Crippen LogP contribution in [0, 0.1) is 6.92 Å². The maximum atomic E-state index is 12.0. The highest BCUT2D eigenvalue weighted by molar-refractivity contribution is 5.98. The number of hydrogen-bond acceptors (Lipinski definition) is 3. The average molecular weight is 290 g/mol. The lowest BCUT2D eigenvalue weighted by molar-refractivity contribution is -0.173. The number of alkyl halides is 3. The molecule has 0 bridgehead atoms. The molecule has 0 heterocycles. The predicted molar refractivity (Wildman–Crippen MR) is 68.2 cm³/mol. The highest BCUT2D eigenvalue weighted by Crippen LogP contribution is 2.22. The molecule has 0 amide bonds. The van der Waals surface area contributed by atoms with Crippen molar-refractivity contribution in [2.24, 2.45) is 0 Å². The summed E-state index contributed by atoms with van der Waals surface area (Å²) in [5, 5.41) is 0. The first kappa shape index (κ1) is 16.5. The molecule has 3 nitrogen and oxygen atoms in total. The van der Waals surface area contributed by atoms with E-state index < -0.39 is 12.8 Å². The Bertz CT molecular complexity index is 455. The van der Waals surface area contributed by atoms with Crippen LogP contribution in [0.5, 0.6) is 5.75 Å². The Balaban J connectivity index is 2.60. The highest BCUT2D eigenvalue weighted by Gasteiger charge is 2.27. The molecule has 1 aromatic carbocycles. The van der Waals surface area contributed by atoms with Crippen molar-refractivity contribution in [1.82, 2.24) is 0 Å². The number of halogens is 3. The second-order valence-corrected chi connectivity index (χ2v) is 4.27. The third-order valence-electron chi connectivity index (χ3n) is 2.47. The minimum atomic E-state index is -4.37. The first-order valence-corrected chi connectivity index (χ1v) is 6.24. The lowest BCUT2D eigenvalue weighted by atomic mass is 10.0. The van der Waals surface area contributed by atoms with Crippen molar-refractivity contribution in [3.63, 3.8) is 0 Å². The number of ether oxygens (including phenoxy) is 2. The topological polar surface area (TPSA) is 35.5 Å². The molecule has 0 aromatic heterocycles. The maximum absolute atomic E-state index is 12.0. The number of benzene rings is 1. The van der Waals surface area contributed by atoms with Crippen LogP contribution < -0.4 is 4.74 Å². The molecule has 0 atom stereocenters. The number of ketones is 1. The molecule has 0 aliphatic heterocycles. The molecule has 0 fully saturated rings. The van der Waals surface area contributed by atoms with Crippen LogP contribution >= 0.6 is 0 Å². The molecule has 112 valence electrons. The smallest absolute Gasteiger partial charge is 0.411 e. The van der Waals surface area contributed by atoms with Gasteiger partial charge in [-0.1, -0.05) is 11.6 Å². The van der Waals surface area contributed by atoms with E-state index >= 15 is 0 Å². The van der Waals surface area contributed by atoms with E-state index in [1.165, 1.54) is 0 Å². The van der Waals surface area contributed by atoms with E-state index in [4.69, 9.17) is 4.74 Å². The molecule has 0 saturated heterocycles. The highest BCUT2D eigenvalue weighted by atomic mass is 19.4. The molecule has 1 rings (SSSR count). The molecular formula is C14H17F3O3. The fraction of sp³-hybridized carbons (Fsp3) is 0.500. The van der Waals surface area contributed by atoms with E-state index in [0.717, 1.165) is 5.56 Å². The lowest BCUT2D eigenvalue weighted by Gasteiger charge is -2.11. The fourth-order valence-corrected chi connectivity index (χ4v) is 1.63. The SMILES string of the molecule is CCOc1ccc(C)cc1C(=O)CCOCC(F)(F)F. The van der Waals surface area contributed by atoms with Gasteiger partial charge in [0.25, 0.3) is 0 Å². The normalized spacial score (nSPS) is 11.4. The Labute approximate surface area is 115 Å². The van der Waals surface area contributed by atoms with Crippen LogP contribution in [0.1, 0.15) is 29.3 Å². The van der Waals surface area contributed by atoms with E-state index in [-0.39, 0.29) is 18.8 Å². The molecule has 20 heavy (non-hydrogen) atoms. The van der Waals surface area contributed by atoms with Crippen LogP contribution in [0.25, 0.3) is 0 Å². The van der Waals surface area contributed by atoms with Gasteiger partial charge >= 0.3 is 6.18 Å². The van der Waals surface area contributed by atoms with Crippen LogP contribution in [0.2, 0.25) is 0 Å². The lowest BCUT2D eigenvalue weighted by Crippen LogP contribution is -2.18. The first-order chi connectivity index (χ1) is 9.33. The summed E-state index contributed by atoms with van der Waals surface area (Å²) >= 11 is 0. The van der Waals surface area contributed by atoms with Crippen LogP contribution in [-0.2, 0) is 4.74 Å². The summed E-state index contributed by atoms with van der Waals surface area (Å²) in [4.78, 5) is 12.0. The number of carbonyl (C=O) groups is 1. The molecule has 0 aliphatic carbocycles. The summed E-state index contributed by atoms with van der Waals surface area (Å²) in [5.41, 5.74) is 1.26. The van der Waals surface area contributed by atoms with Gasteiger partial charge in [0.2, 0.25) is 0 Å². The Morgan fingerprint density at radius 2 is 2.00 bits per heavy atom. The molecule has 1 aromatic rings. The number of rotatable bonds is 7. The van der Waals surface area contributed by atoms with Crippen LogP contribution in [0.3, 0.4) is 0 Å². The summed E-state index contributed by atoms with van der Waals surface area (Å²) in [6.45, 7) is 2.42. The predicted octanol–water partition coefficient (Wildman–Crippen LogP) is 3.55. The molecule has 0 radical (unpaired) electrons. The summed E-state index contributed by atoms with van der Waals surface area (Å²) < 4.78 is 45.4. The maximum Gasteiger partial charge on any atom is 0.411 e. The molecule has 0 spiro atoms. The van der Waals surface area contributed by atoms with Crippen LogP contribution in [0.4, 0.5) is 13.2 Å². The Morgan fingerprint density at radius 3 is 2.60 bits per heavy atom. The largest absolute Gasteiger partial charge is 0.493 e. The molecular weight excluding hydrogens is 273 g/mol. The van der Waals surface area contributed by atoms with Crippen molar-refractivity contribution in [3.05, 3.63) is 29.3 Å². The van der Waals surface area contributed by atoms with Gasteiger partial charge in [-0.2, -0.15) is 13.2 Å². The zero-order valence-corrected chi connectivity index (χ0v) is 11.4. The number of carbonyl (C=O) groups excluding carboxylic acids is 1. The van der Waals surface area contributed by atoms with Crippen molar-refractivity contribution >= 4 is 5.78 Å². The Hall–Kier alpha value is -1.56. The summed E-state index contributed by atoms with van der Waals surface area (Å²) in [7, 11) is 0. The third-order valence-corrected chi connectivity index (χ3v) is 2.47. The first-order valence-electron chi connectivity index (χ1n) is 6.24. The van der Waals surface area contributed by atoms with Crippen molar-refractivity contribution in [3.8, 4) is 5.75 Å². The molecule has 0 unspecified atom stereocenters. The summed E-state index contributed by atoms with van der Waals surface area (Å²) in [6, 6.07) is 5.15. The standard InChI is InChI=1S/C14H17F3O3/c1-3-20-13-5-4-10(2)8-11(13)12(18)6-7-19-9-14(15,16)17/h4-5,8H,3,6-7,9H2,1-2H3. The van der Waals surface area contributed by atoms with Crippen LogP contribution in [-0.4, -0.2) is 31.8 Å². The molecule has 0 N–H and O–H groups in total. The van der Waals surface area contributed by atoms with Crippen molar-refractivity contribution < 1.29 is 27.4 Å². The Kier molecular flexibility index (Phi) is 6.01. The summed E-state index contributed by atoms with van der Waals surface area (Å²) in [6.07, 6.45) is -4.48. The van der Waals surface area contributed by atoms with E-state index in [2.05, 4.69) is 4.74 Å². The van der Waals surface area contributed by atoms with Crippen LogP contribution in [0.15, 0.2) is 18.2 Å². The fourth-order valence-electron chi connectivity index (χ4n) is 1.63. The number of aryl methyl sites for hydroxylation is 1. The van der Waals surface area contributed by atoms with Gasteiger partial charge in [-0.15, -0.1) is 0 Å². The van der Waals surface area contributed by atoms with Crippen molar-refractivity contribution in [2.45, 2.75) is 26.4 Å². The molecule has 6 heteroatoms. The van der Waals surface area contributed by atoms with E-state index in [1.807, 2.05) is 13.0 Å². The summed E-state index contributed by atoms with van der Waals surface area (Å²) in [5.74, 6) is 0.151. The van der Waals surface area contributed by atoms with Gasteiger partial charge < -0.3 is 9.47 Å². The number of Topliss-reactive ketones (excluding diaryl/α,β-unsaturated/α-hetero) is 1. The van der Waals surface area contributed by atoms with Gasteiger partial charge in [0.15, 0.2) is 5.78 Å². The Morgan fingerprint density at radius 1 is 1.30 bits per heavy atom. The van der Waals surface area contributed by atoms with Gasteiger partial charge in [-0.3, -0.25) is 4.79 Å². The van der Waals surface area contributed by atoms with Crippen molar-refractivity contribution in [1.29, 1.82) is 0 Å². The van der Waals surface area contributed by atoms with Gasteiger partial charge in [0, 0.05) is 6.42 Å². The third kappa shape index (κ3) is 5.61. The van der Waals surface area contributed by atoms with Gasteiger partial charge in [0.1, 0.15) is 12.4 Å². The number of hydrogen-bond donors (Lipinski definition) is 0. The van der Waals surface area contributed by atoms with E-state index in [0.29, 0.717) is 17.9 Å². The molecule has 0 aliphatic rings. The van der Waals surface area contributed by atoms with Crippen molar-refractivity contribution in [2.75, 3.05) is 19.8 Å². The average Bonchev–Trinajstić information content (AvgIpc) is 2.35.